The lowest BCUT2D eigenvalue weighted by molar-refractivity contribution is 0.0697. The van der Waals surface area contributed by atoms with Crippen molar-refractivity contribution in [1.29, 1.82) is 0 Å². The Labute approximate surface area is 244 Å². The van der Waals surface area contributed by atoms with E-state index in [1.165, 1.54) is 43.5 Å². The molecule has 1 unspecified atom stereocenters. The van der Waals surface area contributed by atoms with Crippen LogP contribution in [0.1, 0.15) is 45.2 Å². The fourth-order valence-electron chi connectivity index (χ4n) is 5.17. The smallest absolute Gasteiger partial charge is 0.336 e. The third-order valence-corrected chi connectivity index (χ3v) is 7.73. The first-order valence-corrected chi connectivity index (χ1v) is 13.6. The van der Waals surface area contributed by atoms with E-state index in [2.05, 4.69) is 15.3 Å². The number of fused-ring (bicyclic) bond motifs is 1. The van der Waals surface area contributed by atoms with Crippen LogP contribution in [0.15, 0.2) is 72.8 Å². The number of amides is 1. The fourth-order valence-corrected chi connectivity index (χ4v) is 5.44. The summed E-state index contributed by atoms with van der Waals surface area (Å²) in [4.78, 5) is 33.5. The monoisotopic (exact) mass is 587 g/mol. The number of H-pyrrole nitrogens is 1. The molecule has 3 N–H and O–H groups in total. The Balaban J connectivity index is 1.39. The second-order valence-electron chi connectivity index (χ2n) is 10.2. The largest absolute Gasteiger partial charge is 0.494 e. The molecule has 1 atom stereocenters. The maximum absolute atomic E-state index is 14.3. The van der Waals surface area contributed by atoms with Gasteiger partial charge < -0.3 is 20.1 Å². The Morgan fingerprint density at radius 2 is 1.81 bits per heavy atom. The SMILES string of the molecule is COc1cc2nc(-c3cccc(Cl)c3-c3ccc(C(=O)NC(c4ccc(F)cc4)C4CC4)cc3C(=O)O)[nH]c2cc1F. The van der Waals surface area contributed by atoms with Gasteiger partial charge in [-0.2, -0.15) is 0 Å². The number of nitrogens with one attached hydrogen (secondary N) is 2. The third kappa shape index (κ3) is 5.19. The van der Waals surface area contributed by atoms with E-state index in [1.54, 1.807) is 36.4 Å². The molecule has 1 saturated carbocycles. The summed E-state index contributed by atoms with van der Waals surface area (Å²) in [6.45, 7) is 0. The first-order chi connectivity index (χ1) is 20.2. The second kappa shape index (κ2) is 10.9. The molecule has 0 aliphatic heterocycles. The highest BCUT2D eigenvalue weighted by Gasteiger charge is 2.34. The van der Waals surface area contributed by atoms with Crippen molar-refractivity contribution in [3.63, 3.8) is 0 Å². The van der Waals surface area contributed by atoms with Gasteiger partial charge in [-0.1, -0.05) is 41.9 Å². The number of rotatable bonds is 8. The van der Waals surface area contributed by atoms with E-state index in [-0.39, 0.29) is 45.2 Å². The van der Waals surface area contributed by atoms with Crippen LogP contribution < -0.4 is 10.1 Å². The standard InChI is InChI=1S/C32H24ClF2N3O4/c1-42-27-15-26-25(14-24(27)35)36-30(37-26)21-3-2-4-23(33)28(21)20-12-9-18(13-22(20)32(40)41)31(39)38-29(16-5-6-16)17-7-10-19(34)11-8-17/h2-4,7-16,29H,5-6H2,1H3,(H,36,37)(H,38,39)(H,40,41). The van der Waals surface area contributed by atoms with Gasteiger partial charge in [0, 0.05) is 33.8 Å². The van der Waals surface area contributed by atoms with Crippen LogP contribution >= 0.6 is 11.6 Å². The zero-order chi connectivity index (χ0) is 29.5. The van der Waals surface area contributed by atoms with Crippen molar-refractivity contribution in [2.45, 2.75) is 18.9 Å². The number of aromatic amines is 1. The van der Waals surface area contributed by atoms with Crippen LogP contribution in [0.4, 0.5) is 8.78 Å². The van der Waals surface area contributed by atoms with Gasteiger partial charge in [0.05, 0.1) is 29.7 Å². The highest BCUT2D eigenvalue weighted by Crippen LogP contribution is 2.42. The van der Waals surface area contributed by atoms with E-state index >= 15 is 0 Å². The Morgan fingerprint density at radius 1 is 1.05 bits per heavy atom. The summed E-state index contributed by atoms with van der Waals surface area (Å²) in [5.41, 5.74) is 2.83. The van der Waals surface area contributed by atoms with Gasteiger partial charge in [0.2, 0.25) is 0 Å². The quantitative estimate of drug-likeness (QED) is 0.175. The Hall–Kier alpha value is -4.76. The van der Waals surface area contributed by atoms with Gasteiger partial charge in [-0.15, -0.1) is 0 Å². The lowest BCUT2D eigenvalue weighted by atomic mass is 9.93. The van der Waals surface area contributed by atoms with Crippen LogP contribution in [0.25, 0.3) is 33.5 Å². The zero-order valence-electron chi connectivity index (χ0n) is 22.3. The molecule has 0 spiro atoms. The number of ether oxygens (including phenoxy) is 1. The summed E-state index contributed by atoms with van der Waals surface area (Å²) in [6, 6.07) is 17.8. The number of methoxy groups -OCH3 is 1. The van der Waals surface area contributed by atoms with Gasteiger partial charge in [0.15, 0.2) is 11.6 Å². The van der Waals surface area contributed by atoms with Crippen molar-refractivity contribution >= 4 is 34.5 Å². The molecular formula is C32H24ClF2N3O4. The number of hydrogen-bond donors (Lipinski definition) is 3. The molecule has 7 nitrogen and oxygen atoms in total. The van der Waals surface area contributed by atoms with Crippen LogP contribution in [-0.4, -0.2) is 34.1 Å². The summed E-state index contributed by atoms with van der Waals surface area (Å²) in [6.07, 6.45) is 1.86. The molecule has 1 heterocycles. The maximum atomic E-state index is 14.3. The molecule has 212 valence electrons. The number of carbonyl (C=O) groups excluding carboxylic acids is 1. The minimum atomic E-state index is -1.25. The normalized spacial score (nSPS) is 13.6. The molecule has 0 radical (unpaired) electrons. The first-order valence-electron chi connectivity index (χ1n) is 13.2. The molecule has 1 amide bonds. The minimum Gasteiger partial charge on any atom is -0.494 e. The number of aromatic nitrogens is 2. The number of hydrogen-bond acceptors (Lipinski definition) is 4. The van der Waals surface area contributed by atoms with Gasteiger partial charge in [0.1, 0.15) is 11.6 Å². The average molecular weight is 588 g/mol. The minimum absolute atomic E-state index is 0.0391. The summed E-state index contributed by atoms with van der Waals surface area (Å²) < 4.78 is 32.9. The number of carboxylic acids is 1. The lowest BCUT2D eigenvalue weighted by Gasteiger charge is -2.20. The van der Waals surface area contributed by atoms with Crippen molar-refractivity contribution in [3.05, 3.63) is 106 Å². The molecule has 0 bridgehead atoms. The van der Waals surface area contributed by atoms with E-state index in [0.717, 1.165) is 18.4 Å². The molecule has 1 aliphatic rings. The Kier molecular flexibility index (Phi) is 7.12. The van der Waals surface area contributed by atoms with Crippen LogP contribution in [0, 0.1) is 17.6 Å². The van der Waals surface area contributed by atoms with E-state index in [4.69, 9.17) is 16.3 Å². The van der Waals surface area contributed by atoms with Gasteiger partial charge in [0.25, 0.3) is 5.91 Å². The predicted octanol–water partition coefficient (Wildman–Crippen LogP) is 7.42. The van der Waals surface area contributed by atoms with Crippen LogP contribution in [-0.2, 0) is 0 Å². The third-order valence-electron chi connectivity index (χ3n) is 7.41. The van der Waals surface area contributed by atoms with Crippen LogP contribution in [0.3, 0.4) is 0 Å². The Morgan fingerprint density at radius 3 is 2.50 bits per heavy atom. The number of carboxylic acid groups (broad SMARTS) is 1. The maximum Gasteiger partial charge on any atom is 0.336 e. The Bertz CT molecular complexity index is 1850. The first kappa shape index (κ1) is 27.4. The molecule has 1 aliphatic carbocycles. The van der Waals surface area contributed by atoms with E-state index in [0.29, 0.717) is 28.0 Å². The molecule has 1 fully saturated rings. The molecule has 0 saturated heterocycles. The molecule has 5 aromatic rings. The van der Waals surface area contributed by atoms with Gasteiger partial charge in [-0.05, 0) is 60.2 Å². The number of aromatic carboxylic acids is 1. The van der Waals surface area contributed by atoms with Gasteiger partial charge in [-0.3, -0.25) is 4.79 Å². The summed E-state index contributed by atoms with van der Waals surface area (Å²) in [5, 5.41) is 13.4. The number of nitrogens with zero attached hydrogens (tertiary/aromatic N) is 1. The van der Waals surface area contributed by atoms with Crippen molar-refractivity contribution < 1.29 is 28.2 Å². The number of carbonyl (C=O) groups is 2. The van der Waals surface area contributed by atoms with Crippen molar-refractivity contribution in [2.24, 2.45) is 5.92 Å². The highest BCUT2D eigenvalue weighted by molar-refractivity contribution is 6.34. The second-order valence-corrected chi connectivity index (χ2v) is 10.6. The van der Waals surface area contributed by atoms with Crippen LogP contribution in [0.5, 0.6) is 5.75 Å². The van der Waals surface area contributed by atoms with Gasteiger partial charge in [-0.25, -0.2) is 18.6 Å². The van der Waals surface area contributed by atoms with Crippen molar-refractivity contribution in [2.75, 3.05) is 7.11 Å². The molecule has 1 aromatic heterocycles. The molecular weight excluding hydrogens is 564 g/mol. The highest BCUT2D eigenvalue weighted by atomic mass is 35.5. The topological polar surface area (TPSA) is 104 Å². The molecule has 42 heavy (non-hydrogen) atoms. The summed E-state index contributed by atoms with van der Waals surface area (Å²) in [7, 11) is 1.36. The zero-order valence-corrected chi connectivity index (χ0v) is 23.0. The van der Waals surface area contributed by atoms with Crippen LogP contribution in [0.2, 0.25) is 5.02 Å². The fraction of sp³-hybridized carbons (Fsp3) is 0.156. The molecule has 6 rings (SSSR count). The van der Waals surface area contributed by atoms with E-state index in [9.17, 15) is 23.5 Å². The van der Waals surface area contributed by atoms with E-state index in [1.807, 2.05) is 0 Å². The lowest BCUT2D eigenvalue weighted by Crippen LogP contribution is -2.30. The summed E-state index contributed by atoms with van der Waals surface area (Å²) in [5.74, 6) is -2.01. The molecule has 10 heteroatoms. The van der Waals surface area contributed by atoms with E-state index < -0.39 is 17.7 Å². The summed E-state index contributed by atoms with van der Waals surface area (Å²) >= 11 is 6.63. The number of imidazole rings is 1. The number of benzene rings is 4. The van der Waals surface area contributed by atoms with Crippen molar-refractivity contribution in [3.8, 4) is 28.3 Å². The van der Waals surface area contributed by atoms with Crippen molar-refractivity contribution in [1.82, 2.24) is 15.3 Å². The predicted molar refractivity (Wildman–Crippen MR) is 155 cm³/mol. The molecule has 4 aromatic carbocycles. The number of halogens is 3. The average Bonchev–Trinajstić information content (AvgIpc) is 3.74. The van der Waals surface area contributed by atoms with Gasteiger partial charge >= 0.3 is 5.97 Å².